The number of halogens is 1. The second-order valence-electron chi connectivity index (χ2n) is 2.29. The van der Waals surface area contributed by atoms with Crippen LogP contribution in [0.5, 0.6) is 5.75 Å². The van der Waals surface area contributed by atoms with Gasteiger partial charge in [-0.05, 0) is 34.7 Å². The quantitative estimate of drug-likeness (QED) is 0.281. The van der Waals surface area contributed by atoms with Gasteiger partial charge in [-0.1, -0.05) is 0 Å². The summed E-state index contributed by atoms with van der Waals surface area (Å²) in [7, 11) is 0. The molecule has 88 valence electrons. The van der Waals surface area contributed by atoms with Gasteiger partial charge in [-0.3, -0.25) is 10.1 Å². The summed E-state index contributed by atoms with van der Waals surface area (Å²) in [5, 5.41) is 26.4. The first-order chi connectivity index (χ1) is 7.47. The number of phenols is 1. The Balaban J connectivity index is 0.000000325. The van der Waals surface area contributed by atoms with Gasteiger partial charge in [0.2, 0.25) is 0 Å². The molecule has 1 aromatic rings. The summed E-state index contributed by atoms with van der Waals surface area (Å²) in [6.07, 6.45) is -1.22. The Morgan fingerprint density at radius 3 is 2.19 bits per heavy atom. The third-order valence-corrected chi connectivity index (χ3v) is 1.55. The largest absolute Gasteiger partial charge is 0.508 e. The molecule has 1 rings (SSSR count). The average Bonchev–Trinajstić information content (AvgIpc) is 2.19. The summed E-state index contributed by atoms with van der Waals surface area (Å²) in [4.78, 5) is 18.9. The molecule has 0 aliphatic rings. The summed E-state index contributed by atoms with van der Waals surface area (Å²) in [5.41, 5.74) is -0.0159. The van der Waals surface area contributed by atoms with Crippen LogP contribution >= 0.6 is 22.6 Å². The minimum atomic E-state index is -1.22. The van der Waals surface area contributed by atoms with Crippen LogP contribution in [-0.2, 0) is 4.74 Å². The number of non-ortho nitro benzene ring substituents is 1. The van der Waals surface area contributed by atoms with Crippen molar-refractivity contribution in [1.29, 1.82) is 0 Å². The first-order valence-corrected chi connectivity index (χ1v) is 5.35. The molecule has 0 saturated carbocycles. The molecule has 0 radical (unpaired) electrons. The Morgan fingerprint density at radius 1 is 1.44 bits per heavy atom. The van der Waals surface area contributed by atoms with Gasteiger partial charge in [0, 0.05) is 12.1 Å². The molecule has 0 spiro atoms. The Labute approximate surface area is 104 Å². The number of alkyl halides is 1. The molecular weight excluding hydrogens is 333 g/mol. The normalized spacial score (nSPS) is 8.56. The molecule has 0 amide bonds. The second kappa shape index (κ2) is 7.68. The van der Waals surface area contributed by atoms with Crippen LogP contribution in [0.15, 0.2) is 24.3 Å². The van der Waals surface area contributed by atoms with Crippen molar-refractivity contribution in [2.24, 2.45) is 0 Å². The number of nitrogens with zero attached hydrogens (tertiary/aromatic N) is 1. The van der Waals surface area contributed by atoms with Crippen molar-refractivity contribution >= 4 is 34.4 Å². The van der Waals surface area contributed by atoms with Gasteiger partial charge in [0.1, 0.15) is 10.4 Å². The predicted molar refractivity (Wildman–Crippen MR) is 62.8 cm³/mol. The van der Waals surface area contributed by atoms with E-state index in [4.69, 9.17) is 10.2 Å². The molecule has 0 atom stereocenters. The third kappa shape index (κ3) is 6.81. The zero-order valence-corrected chi connectivity index (χ0v) is 10.0. The fourth-order valence-corrected chi connectivity index (χ4v) is 0.887. The molecule has 16 heavy (non-hydrogen) atoms. The maximum absolute atomic E-state index is 10.0. The Kier molecular flexibility index (Phi) is 6.92. The van der Waals surface area contributed by atoms with E-state index in [-0.39, 0.29) is 16.1 Å². The third-order valence-electron chi connectivity index (χ3n) is 1.24. The fraction of sp³-hybridized carbons (Fsp3) is 0.125. The van der Waals surface area contributed by atoms with Crippen molar-refractivity contribution in [3.8, 4) is 5.75 Å². The number of aromatic hydroxyl groups is 1. The van der Waals surface area contributed by atoms with Crippen molar-refractivity contribution in [2.75, 3.05) is 4.61 Å². The van der Waals surface area contributed by atoms with E-state index >= 15 is 0 Å². The topological polar surface area (TPSA) is 110 Å². The molecule has 1 aromatic carbocycles. The van der Waals surface area contributed by atoms with E-state index in [1.807, 2.05) is 0 Å². The van der Waals surface area contributed by atoms with Gasteiger partial charge in [-0.15, -0.1) is 0 Å². The highest BCUT2D eigenvalue weighted by Crippen LogP contribution is 2.14. The lowest BCUT2D eigenvalue weighted by atomic mass is 10.3. The number of phenolic OH excluding ortho intramolecular Hbond substituents is 1. The summed E-state index contributed by atoms with van der Waals surface area (Å²) >= 11 is 1.80. The average molecular weight is 341 g/mol. The lowest BCUT2D eigenvalue weighted by molar-refractivity contribution is -0.384. The summed E-state index contributed by atoms with van der Waals surface area (Å²) in [6, 6.07) is 5.04. The first kappa shape index (κ1) is 14.4. The van der Waals surface area contributed by atoms with Crippen LogP contribution in [0.1, 0.15) is 0 Å². The monoisotopic (exact) mass is 341 g/mol. The van der Waals surface area contributed by atoms with E-state index in [1.165, 1.54) is 24.3 Å². The summed E-state index contributed by atoms with van der Waals surface area (Å²) < 4.78 is 4.15. The van der Waals surface area contributed by atoms with Crippen molar-refractivity contribution in [3.63, 3.8) is 0 Å². The minimum absolute atomic E-state index is 0.0159. The standard InChI is InChI=1S/C6H5NO3.C2H3IO3/c8-6-3-1-5(2-4-6)7(9)10;3-1-6-2(4)5/h1-4,8H;1H2,(H,4,5). The highest BCUT2D eigenvalue weighted by molar-refractivity contribution is 14.1. The van der Waals surface area contributed by atoms with Crippen molar-refractivity contribution < 1.29 is 24.7 Å². The van der Waals surface area contributed by atoms with E-state index in [2.05, 4.69) is 4.74 Å². The minimum Gasteiger partial charge on any atom is -0.508 e. The summed E-state index contributed by atoms with van der Waals surface area (Å²) in [6.45, 7) is 0. The SMILES string of the molecule is O=C(O)OCI.O=[N+]([O-])c1ccc(O)cc1. The molecular formula is C8H8INO6. The number of rotatable bonds is 2. The molecule has 0 aliphatic heterocycles. The molecule has 0 aliphatic carbocycles. The number of nitro groups is 1. The maximum Gasteiger partial charge on any atom is 0.506 e. The summed E-state index contributed by atoms with van der Waals surface area (Å²) in [5.74, 6) is 0.0330. The van der Waals surface area contributed by atoms with E-state index in [0.717, 1.165) is 0 Å². The number of carboxylic acid groups (broad SMARTS) is 1. The van der Waals surface area contributed by atoms with Crippen LogP contribution in [0.25, 0.3) is 0 Å². The number of benzene rings is 1. The van der Waals surface area contributed by atoms with Gasteiger partial charge in [0.15, 0.2) is 0 Å². The predicted octanol–water partition coefficient (Wildman–Crippen LogP) is 2.37. The number of hydrogen-bond donors (Lipinski definition) is 2. The zero-order valence-electron chi connectivity index (χ0n) is 7.87. The Morgan fingerprint density at radius 2 is 1.94 bits per heavy atom. The fourth-order valence-electron chi connectivity index (χ4n) is 0.621. The van der Waals surface area contributed by atoms with Crippen LogP contribution in [0.2, 0.25) is 0 Å². The van der Waals surface area contributed by atoms with Crippen molar-refractivity contribution in [2.45, 2.75) is 0 Å². The van der Waals surface area contributed by atoms with E-state index in [0.29, 0.717) is 0 Å². The number of ether oxygens (including phenoxy) is 1. The molecule has 2 N–H and O–H groups in total. The van der Waals surface area contributed by atoms with Gasteiger partial charge in [0.05, 0.1) is 4.92 Å². The molecule has 8 heteroatoms. The van der Waals surface area contributed by atoms with Crippen LogP contribution in [0.4, 0.5) is 10.5 Å². The number of hydrogen-bond acceptors (Lipinski definition) is 5. The van der Waals surface area contributed by atoms with Crippen LogP contribution in [-0.4, -0.2) is 25.9 Å². The molecule has 0 unspecified atom stereocenters. The molecule has 0 heterocycles. The van der Waals surface area contributed by atoms with Crippen LogP contribution < -0.4 is 0 Å². The first-order valence-electron chi connectivity index (χ1n) is 3.82. The number of nitro benzene ring substituents is 1. The van der Waals surface area contributed by atoms with Gasteiger partial charge >= 0.3 is 6.16 Å². The molecule has 0 bridgehead atoms. The van der Waals surface area contributed by atoms with Gasteiger partial charge in [-0.2, -0.15) is 0 Å². The zero-order chi connectivity index (χ0) is 12.6. The second-order valence-corrected chi connectivity index (χ2v) is 2.92. The highest BCUT2D eigenvalue weighted by Gasteiger charge is 2.01. The van der Waals surface area contributed by atoms with Crippen molar-refractivity contribution in [1.82, 2.24) is 0 Å². The highest BCUT2D eigenvalue weighted by atomic mass is 127. The van der Waals surface area contributed by atoms with E-state index < -0.39 is 11.1 Å². The Hall–Kier alpha value is -1.58. The van der Waals surface area contributed by atoms with E-state index in [9.17, 15) is 14.9 Å². The molecule has 0 saturated heterocycles. The van der Waals surface area contributed by atoms with Crippen LogP contribution in [0.3, 0.4) is 0 Å². The number of carbonyl (C=O) groups is 1. The lowest BCUT2D eigenvalue weighted by Crippen LogP contribution is -1.95. The molecule has 0 aromatic heterocycles. The maximum atomic E-state index is 10.0. The Bertz CT molecular complexity index is 352. The van der Waals surface area contributed by atoms with E-state index in [1.54, 1.807) is 22.6 Å². The van der Waals surface area contributed by atoms with Gasteiger partial charge < -0.3 is 14.9 Å². The molecule has 7 nitrogen and oxygen atoms in total. The lowest BCUT2D eigenvalue weighted by Gasteiger charge is -1.89. The van der Waals surface area contributed by atoms with Crippen LogP contribution in [0, 0.1) is 10.1 Å². The van der Waals surface area contributed by atoms with Gasteiger partial charge in [-0.25, -0.2) is 4.79 Å². The molecule has 0 fully saturated rings. The smallest absolute Gasteiger partial charge is 0.506 e. The van der Waals surface area contributed by atoms with Crippen molar-refractivity contribution in [3.05, 3.63) is 34.4 Å². The van der Waals surface area contributed by atoms with Gasteiger partial charge in [0.25, 0.3) is 5.69 Å².